The van der Waals surface area contributed by atoms with E-state index in [1.807, 2.05) is 10.6 Å². The number of halogens is 2. The molecule has 0 aliphatic carbocycles. The molecule has 1 aromatic carbocycles. The summed E-state index contributed by atoms with van der Waals surface area (Å²) in [6.45, 7) is 5.05. The van der Waals surface area contributed by atoms with Crippen molar-refractivity contribution in [1.82, 2.24) is 14.8 Å². The summed E-state index contributed by atoms with van der Waals surface area (Å²) >= 11 is 3.13. The molecule has 0 radical (unpaired) electrons. The van der Waals surface area contributed by atoms with Crippen LogP contribution in [0.2, 0.25) is 0 Å². The van der Waals surface area contributed by atoms with E-state index < -0.39 is 0 Å². The van der Waals surface area contributed by atoms with E-state index in [1.54, 1.807) is 12.4 Å². The molecule has 0 unspecified atom stereocenters. The predicted octanol–water partition coefficient (Wildman–Crippen LogP) is 3.50. The van der Waals surface area contributed by atoms with Crippen LogP contribution >= 0.6 is 15.9 Å². The van der Waals surface area contributed by atoms with E-state index in [9.17, 15) is 4.39 Å². The van der Waals surface area contributed by atoms with Gasteiger partial charge < -0.3 is 4.57 Å². The van der Waals surface area contributed by atoms with Gasteiger partial charge in [0.05, 0.1) is 4.47 Å². The van der Waals surface area contributed by atoms with E-state index in [0.717, 1.165) is 12.1 Å². The average Bonchev–Trinajstić information content (AvgIpc) is 2.69. The Bertz CT molecular complexity index is 522. The van der Waals surface area contributed by atoms with Gasteiger partial charge in [-0.3, -0.25) is 0 Å². The lowest BCUT2D eigenvalue weighted by Gasteiger charge is -2.09. The highest BCUT2D eigenvalue weighted by molar-refractivity contribution is 9.10. The van der Waals surface area contributed by atoms with E-state index in [0.29, 0.717) is 16.2 Å². The Balaban J connectivity index is 2.39. The van der Waals surface area contributed by atoms with E-state index >= 15 is 0 Å². The molecule has 2 aromatic rings. The lowest BCUT2D eigenvalue weighted by molar-refractivity contribution is 0.525. The summed E-state index contributed by atoms with van der Waals surface area (Å²) in [7, 11) is 0. The van der Waals surface area contributed by atoms with Gasteiger partial charge in [-0.2, -0.15) is 0 Å². The molecule has 0 amide bonds. The highest BCUT2D eigenvalue weighted by atomic mass is 79.9. The maximum atomic E-state index is 13.5. The van der Waals surface area contributed by atoms with Gasteiger partial charge in [0.1, 0.15) is 12.1 Å². The molecule has 1 heterocycles. The van der Waals surface area contributed by atoms with Crippen molar-refractivity contribution in [2.24, 2.45) is 5.92 Å². The van der Waals surface area contributed by atoms with E-state index in [2.05, 4.69) is 40.0 Å². The van der Waals surface area contributed by atoms with E-state index in [4.69, 9.17) is 0 Å². The lowest BCUT2D eigenvalue weighted by atomic mass is 10.2. The van der Waals surface area contributed by atoms with Crippen LogP contribution in [0.3, 0.4) is 0 Å². The number of aromatic nitrogens is 3. The maximum Gasteiger partial charge on any atom is 0.163 e. The van der Waals surface area contributed by atoms with Crippen LogP contribution in [0, 0.1) is 11.7 Å². The summed E-state index contributed by atoms with van der Waals surface area (Å²) in [4.78, 5) is 0. The first kappa shape index (κ1) is 12.2. The molecule has 90 valence electrons. The Kier molecular flexibility index (Phi) is 3.57. The topological polar surface area (TPSA) is 30.7 Å². The molecular weight excluding hydrogens is 285 g/mol. The normalized spacial score (nSPS) is 11.1. The van der Waals surface area contributed by atoms with Gasteiger partial charge in [-0.25, -0.2) is 4.39 Å². The Morgan fingerprint density at radius 2 is 2.18 bits per heavy atom. The molecule has 0 N–H and O–H groups in total. The summed E-state index contributed by atoms with van der Waals surface area (Å²) in [5, 5.41) is 7.92. The molecule has 1 aromatic heterocycles. The number of hydrogen-bond acceptors (Lipinski definition) is 2. The van der Waals surface area contributed by atoms with Crippen molar-refractivity contribution >= 4 is 15.9 Å². The minimum Gasteiger partial charge on any atom is -0.313 e. The minimum atomic E-state index is -0.290. The largest absolute Gasteiger partial charge is 0.313 e. The number of rotatable bonds is 3. The highest BCUT2D eigenvalue weighted by Gasteiger charge is 2.10. The molecule has 0 aliphatic heterocycles. The number of hydrogen-bond donors (Lipinski definition) is 0. The minimum absolute atomic E-state index is 0.290. The zero-order chi connectivity index (χ0) is 12.4. The third-order valence-corrected chi connectivity index (χ3v) is 3.00. The van der Waals surface area contributed by atoms with Gasteiger partial charge in [0.2, 0.25) is 0 Å². The molecule has 0 aliphatic rings. The van der Waals surface area contributed by atoms with Crippen LogP contribution in [-0.2, 0) is 6.54 Å². The molecule has 17 heavy (non-hydrogen) atoms. The van der Waals surface area contributed by atoms with Crippen LogP contribution in [0.4, 0.5) is 4.39 Å². The fourth-order valence-electron chi connectivity index (χ4n) is 1.64. The van der Waals surface area contributed by atoms with Crippen molar-refractivity contribution in [2.45, 2.75) is 20.4 Å². The summed E-state index contributed by atoms with van der Waals surface area (Å²) in [6, 6.07) is 4.97. The molecule has 0 spiro atoms. The Morgan fingerprint density at radius 3 is 2.82 bits per heavy atom. The third kappa shape index (κ3) is 2.72. The smallest absolute Gasteiger partial charge is 0.163 e. The quantitative estimate of drug-likeness (QED) is 0.868. The van der Waals surface area contributed by atoms with Crippen molar-refractivity contribution in [1.29, 1.82) is 0 Å². The van der Waals surface area contributed by atoms with Crippen molar-refractivity contribution < 1.29 is 4.39 Å². The predicted molar refractivity (Wildman–Crippen MR) is 68.0 cm³/mol. The molecule has 0 saturated heterocycles. The van der Waals surface area contributed by atoms with Crippen LogP contribution in [-0.4, -0.2) is 14.8 Å². The van der Waals surface area contributed by atoms with Gasteiger partial charge in [0, 0.05) is 12.1 Å². The second-order valence-electron chi connectivity index (χ2n) is 4.33. The molecule has 0 fully saturated rings. The Labute approximate surface area is 108 Å². The monoisotopic (exact) mass is 297 g/mol. The second kappa shape index (κ2) is 4.96. The van der Waals surface area contributed by atoms with Crippen LogP contribution in [0.25, 0.3) is 11.4 Å². The second-order valence-corrected chi connectivity index (χ2v) is 5.18. The standard InChI is InChI=1S/C12H13BrFN3/c1-8(2)6-17-7-15-16-12(17)9-3-4-10(13)11(14)5-9/h3-5,7-8H,6H2,1-2H3. The van der Waals surface area contributed by atoms with Crippen LogP contribution in [0.1, 0.15) is 13.8 Å². The SMILES string of the molecule is CC(C)Cn1cnnc1-c1ccc(Br)c(F)c1. The molecule has 5 heteroatoms. The van der Waals surface area contributed by atoms with Gasteiger partial charge in [-0.15, -0.1) is 10.2 Å². The number of nitrogens with zero attached hydrogens (tertiary/aromatic N) is 3. The first-order chi connectivity index (χ1) is 8.08. The summed E-state index contributed by atoms with van der Waals surface area (Å²) in [5.41, 5.74) is 0.740. The molecule has 0 bridgehead atoms. The lowest BCUT2D eigenvalue weighted by Crippen LogP contribution is -2.05. The van der Waals surface area contributed by atoms with Gasteiger partial charge in [0.15, 0.2) is 5.82 Å². The molecule has 2 rings (SSSR count). The Morgan fingerprint density at radius 1 is 1.41 bits per heavy atom. The average molecular weight is 298 g/mol. The fourth-order valence-corrected chi connectivity index (χ4v) is 1.89. The highest BCUT2D eigenvalue weighted by Crippen LogP contribution is 2.23. The van der Waals surface area contributed by atoms with Gasteiger partial charge >= 0.3 is 0 Å². The number of benzene rings is 1. The van der Waals surface area contributed by atoms with Crippen molar-refractivity contribution in [3.8, 4) is 11.4 Å². The van der Waals surface area contributed by atoms with Crippen LogP contribution < -0.4 is 0 Å². The van der Waals surface area contributed by atoms with Crippen LogP contribution in [0.15, 0.2) is 29.0 Å². The summed E-state index contributed by atoms with van der Waals surface area (Å²) < 4.78 is 15.9. The van der Waals surface area contributed by atoms with Crippen LogP contribution in [0.5, 0.6) is 0 Å². The summed E-state index contributed by atoms with van der Waals surface area (Å²) in [5.74, 6) is 0.900. The van der Waals surface area contributed by atoms with Gasteiger partial charge in [-0.1, -0.05) is 13.8 Å². The first-order valence-corrected chi connectivity index (χ1v) is 6.20. The molecule has 3 nitrogen and oxygen atoms in total. The zero-order valence-corrected chi connectivity index (χ0v) is 11.3. The van der Waals surface area contributed by atoms with Crippen molar-refractivity contribution in [3.05, 3.63) is 34.8 Å². The van der Waals surface area contributed by atoms with Gasteiger partial charge in [-0.05, 0) is 40.0 Å². The van der Waals surface area contributed by atoms with E-state index in [-0.39, 0.29) is 5.82 Å². The van der Waals surface area contributed by atoms with Crippen molar-refractivity contribution in [2.75, 3.05) is 0 Å². The fraction of sp³-hybridized carbons (Fsp3) is 0.333. The molecule has 0 atom stereocenters. The molecule has 0 saturated carbocycles. The van der Waals surface area contributed by atoms with Gasteiger partial charge in [0.25, 0.3) is 0 Å². The zero-order valence-electron chi connectivity index (χ0n) is 9.69. The molecular formula is C12H13BrFN3. The third-order valence-electron chi connectivity index (χ3n) is 2.36. The van der Waals surface area contributed by atoms with E-state index in [1.165, 1.54) is 6.07 Å². The Hall–Kier alpha value is -1.23. The summed E-state index contributed by atoms with van der Waals surface area (Å²) in [6.07, 6.45) is 1.68. The van der Waals surface area contributed by atoms with Crippen molar-refractivity contribution in [3.63, 3.8) is 0 Å². The first-order valence-electron chi connectivity index (χ1n) is 5.41. The maximum absolute atomic E-state index is 13.5.